The summed E-state index contributed by atoms with van der Waals surface area (Å²) >= 11 is 1.54. The number of aryl methyl sites for hydroxylation is 1. The third kappa shape index (κ3) is 4.09. The average molecular weight is 422 g/mol. The molecule has 2 aromatic rings. The molecule has 1 aliphatic carbocycles. The highest BCUT2D eigenvalue weighted by Gasteiger charge is 2.28. The molecule has 0 radical (unpaired) electrons. The quantitative estimate of drug-likeness (QED) is 0.653. The lowest BCUT2D eigenvalue weighted by Crippen LogP contribution is -2.29. The van der Waals surface area contributed by atoms with Crippen molar-refractivity contribution < 1.29 is 0 Å². The lowest BCUT2D eigenvalue weighted by molar-refractivity contribution is 0.615. The van der Waals surface area contributed by atoms with Gasteiger partial charge >= 0.3 is 0 Å². The molecule has 7 nitrogen and oxygen atoms in total. The number of nitriles is 1. The van der Waals surface area contributed by atoms with Crippen LogP contribution in [0.2, 0.25) is 0 Å². The Labute approximate surface area is 181 Å². The van der Waals surface area contributed by atoms with Crippen LogP contribution in [0.3, 0.4) is 0 Å². The number of anilines is 2. The molecular weight excluding hydrogens is 394 g/mol. The Morgan fingerprint density at radius 2 is 2.27 bits per heavy atom. The third-order valence-corrected chi connectivity index (χ3v) is 6.96. The molecule has 0 unspecified atom stereocenters. The van der Waals surface area contributed by atoms with E-state index in [-0.39, 0.29) is 5.92 Å². The molecule has 0 amide bonds. The van der Waals surface area contributed by atoms with Crippen LogP contribution in [0.25, 0.3) is 0 Å². The monoisotopic (exact) mass is 421 g/mol. The Kier molecular flexibility index (Phi) is 6.11. The molecule has 4 rings (SSSR count). The van der Waals surface area contributed by atoms with Crippen LogP contribution >= 0.6 is 11.3 Å². The van der Waals surface area contributed by atoms with E-state index in [0.29, 0.717) is 27.9 Å². The molecule has 0 saturated carbocycles. The first-order valence-corrected chi connectivity index (χ1v) is 11.3. The minimum Gasteiger partial charge on any atom is -0.389 e. The molecule has 0 spiro atoms. The van der Waals surface area contributed by atoms with Gasteiger partial charge in [0.15, 0.2) is 0 Å². The van der Waals surface area contributed by atoms with Crippen LogP contribution in [0.15, 0.2) is 23.9 Å². The minimum atomic E-state index is 0.135. The molecule has 2 aromatic heterocycles. The minimum absolute atomic E-state index is 0.135. The first kappa shape index (κ1) is 20.5. The number of aromatic nitrogens is 2. The molecule has 2 aliphatic rings. The smallest absolute Gasteiger partial charge is 0.225 e. The summed E-state index contributed by atoms with van der Waals surface area (Å²) in [6.45, 7) is 5.76. The maximum Gasteiger partial charge on any atom is 0.225 e. The number of hydrogen-bond donors (Lipinski definition) is 3. The Morgan fingerprint density at radius 1 is 1.40 bits per heavy atom. The zero-order valence-electron chi connectivity index (χ0n) is 17.2. The molecule has 1 saturated heterocycles. The largest absolute Gasteiger partial charge is 0.389 e. The summed E-state index contributed by atoms with van der Waals surface area (Å²) in [4.78, 5) is 12.5. The fraction of sp³-hybridized carbons (Fsp3) is 0.455. The van der Waals surface area contributed by atoms with Crippen LogP contribution in [0.4, 0.5) is 10.9 Å². The summed E-state index contributed by atoms with van der Waals surface area (Å²) in [6.07, 6.45) is 7.71. The summed E-state index contributed by atoms with van der Waals surface area (Å²) in [5.74, 6) is 0.819. The number of nitrogens with one attached hydrogen (secondary N) is 2. The van der Waals surface area contributed by atoms with Gasteiger partial charge in [0.1, 0.15) is 11.1 Å². The zero-order chi connectivity index (χ0) is 21.1. The van der Waals surface area contributed by atoms with E-state index in [1.807, 2.05) is 13.0 Å². The molecule has 8 heteroatoms. The van der Waals surface area contributed by atoms with Crippen molar-refractivity contribution in [3.8, 4) is 6.07 Å². The highest BCUT2D eigenvalue weighted by atomic mass is 32.1. The van der Waals surface area contributed by atoms with Gasteiger partial charge < -0.3 is 16.0 Å². The van der Waals surface area contributed by atoms with Crippen LogP contribution in [0, 0.1) is 16.7 Å². The summed E-state index contributed by atoms with van der Waals surface area (Å²) in [5, 5.41) is 22.2. The predicted molar refractivity (Wildman–Crippen MR) is 121 cm³/mol. The van der Waals surface area contributed by atoms with Gasteiger partial charge in [-0.1, -0.05) is 5.57 Å². The van der Waals surface area contributed by atoms with Crippen LogP contribution in [-0.4, -0.2) is 41.9 Å². The first-order chi connectivity index (χ1) is 14.6. The van der Waals surface area contributed by atoms with Gasteiger partial charge in [-0.3, -0.25) is 5.41 Å². The molecule has 0 bridgehead atoms. The molecular formula is C22H27N7S. The molecule has 1 fully saturated rings. The lowest BCUT2D eigenvalue weighted by Gasteiger charge is -2.24. The van der Waals surface area contributed by atoms with E-state index in [1.165, 1.54) is 4.88 Å². The second-order valence-electron chi connectivity index (χ2n) is 7.87. The van der Waals surface area contributed by atoms with E-state index in [4.69, 9.17) is 11.1 Å². The SMILES string of the molecule is C/C(=C\C(=N)c1ccnc(N2CCCNCC2)n1)[C@H]1CCCc2sc(N)c(C#N)c21. The number of fused-ring (bicyclic) bond motifs is 1. The average Bonchev–Trinajstić information content (AvgIpc) is 2.92. The third-order valence-electron chi connectivity index (χ3n) is 5.87. The van der Waals surface area contributed by atoms with E-state index in [9.17, 15) is 5.26 Å². The maximum absolute atomic E-state index is 9.59. The van der Waals surface area contributed by atoms with Crippen LogP contribution in [-0.2, 0) is 6.42 Å². The fourth-order valence-electron chi connectivity index (χ4n) is 4.35. The molecule has 1 atom stereocenters. The van der Waals surface area contributed by atoms with E-state index >= 15 is 0 Å². The number of rotatable bonds is 4. The normalized spacial score (nSPS) is 19.7. The molecule has 30 heavy (non-hydrogen) atoms. The van der Waals surface area contributed by atoms with Gasteiger partial charge in [0.05, 0.1) is 17.0 Å². The van der Waals surface area contributed by atoms with Gasteiger partial charge in [-0.2, -0.15) is 5.26 Å². The second kappa shape index (κ2) is 8.94. The molecule has 1 aliphatic heterocycles. The number of hydrogen-bond acceptors (Lipinski definition) is 8. The van der Waals surface area contributed by atoms with Gasteiger partial charge in [-0.05, 0) is 56.9 Å². The van der Waals surface area contributed by atoms with Crippen LogP contribution in [0.5, 0.6) is 0 Å². The van der Waals surface area contributed by atoms with Crippen LogP contribution < -0.4 is 16.0 Å². The van der Waals surface area contributed by atoms with E-state index < -0.39 is 0 Å². The van der Waals surface area contributed by atoms with Crippen molar-refractivity contribution in [2.45, 2.75) is 38.5 Å². The van der Waals surface area contributed by atoms with Crippen molar-refractivity contribution in [1.29, 1.82) is 10.7 Å². The fourth-order valence-corrected chi connectivity index (χ4v) is 5.47. The molecule has 3 heterocycles. The topological polar surface area (TPSA) is 115 Å². The van der Waals surface area contributed by atoms with Crippen molar-refractivity contribution >= 4 is 28.0 Å². The van der Waals surface area contributed by atoms with Gasteiger partial charge in [-0.25, -0.2) is 9.97 Å². The zero-order valence-corrected chi connectivity index (χ0v) is 18.1. The summed E-state index contributed by atoms with van der Waals surface area (Å²) < 4.78 is 0. The van der Waals surface area contributed by atoms with E-state index in [1.54, 1.807) is 23.6 Å². The van der Waals surface area contributed by atoms with Crippen molar-refractivity contribution in [2.24, 2.45) is 0 Å². The molecule has 4 N–H and O–H groups in total. The Hall–Kier alpha value is -2.76. The van der Waals surface area contributed by atoms with E-state index in [2.05, 4.69) is 26.3 Å². The summed E-state index contributed by atoms with van der Waals surface area (Å²) in [6, 6.07) is 4.09. The Balaban J connectivity index is 1.58. The van der Waals surface area contributed by atoms with Gasteiger partial charge in [0.25, 0.3) is 0 Å². The van der Waals surface area contributed by atoms with Crippen molar-refractivity contribution in [2.75, 3.05) is 36.8 Å². The number of thiophene rings is 1. The molecule has 0 aromatic carbocycles. The number of nitrogens with zero attached hydrogens (tertiary/aromatic N) is 4. The van der Waals surface area contributed by atoms with E-state index in [0.717, 1.165) is 63.0 Å². The van der Waals surface area contributed by atoms with Crippen LogP contribution in [0.1, 0.15) is 53.8 Å². The Morgan fingerprint density at radius 3 is 3.10 bits per heavy atom. The standard InChI is InChI=1S/C22H27N7S/c1-14(15-4-2-5-19-20(15)16(13-23)21(25)30-19)12-17(24)18-6-8-27-22(28-18)29-10-3-7-26-9-11-29/h6,8,12,15,24,26H,2-5,7,9-11,25H2,1H3/b14-12+,24-17?/t15-/m1/s1. The van der Waals surface area contributed by atoms with Crippen molar-refractivity contribution in [3.63, 3.8) is 0 Å². The van der Waals surface area contributed by atoms with Gasteiger partial charge in [0, 0.05) is 36.6 Å². The number of nitrogens with two attached hydrogens (primary N) is 1. The van der Waals surface area contributed by atoms with Gasteiger partial charge in [-0.15, -0.1) is 11.3 Å². The summed E-state index contributed by atoms with van der Waals surface area (Å²) in [5.41, 5.74) is 9.87. The molecule has 156 valence electrons. The predicted octanol–water partition coefficient (Wildman–Crippen LogP) is 3.23. The van der Waals surface area contributed by atoms with Crippen molar-refractivity contribution in [1.82, 2.24) is 15.3 Å². The highest BCUT2D eigenvalue weighted by Crippen LogP contribution is 2.44. The van der Waals surface area contributed by atoms with Gasteiger partial charge in [0.2, 0.25) is 5.95 Å². The highest BCUT2D eigenvalue weighted by molar-refractivity contribution is 7.16. The first-order valence-electron chi connectivity index (χ1n) is 10.5. The Bertz CT molecular complexity index is 1010. The second-order valence-corrected chi connectivity index (χ2v) is 9.01. The lowest BCUT2D eigenvalue weighted by atomic mass is 9.80. The summed E-state index contributed by atoms with van der Waals surface area (Å²) in [7, 11) is 0. The number of allylic oxidation sites excluding steroid dienone is 2. The maximum atomic E-state index is 9.59. The van der Waals surface area contributed by atoms with Crippen molar-refractivity contribution in [3.05, 3.63) is 45.6 Å². The number of nitrogen functional groups attached to an aromatic ring is 1.